The summed E-state index contributed by atoms with van der Waals surface area (Å²) in [5.41, 5.74) is 0. The van der Waals surface area contributed by atoms with Crippen molar-refractivity contribution in [2.45, 2.75) is 38.6 Å². The SMILES string of the molecule is Cc1noc(C2CCCN2C(=O)CCCCl)n1. The first-order valence-corrected chi connectivity index (χ1v) is 6.41. The van der Waals surface area contributed by atoms with Crippen molar-refractivity contribution in [3.05, 3.63) is 11.7 Å². The second kappa shape index (κ2) is 5.49. The van der Waals surface area contributed by atoms with Gasteiger partial charge in [-0.2, -0.15) is 4.98 Å². The summed E-state index contributed by atoms with van der Waals surface area (Å²) in [5.74, 6) is 1.81. The number of carbonyl (C=O) groups is 1. The molecule has 0 spiro atoms. The van der Waals surface area contributed by atoms with Crippen LogP contribution in [0.1, 0.15) is 43.4 Å². The molecule has 94 valence electrons. The van der Waals surface area contributed by atoms with Gasteiger partial charge in [0.05, 0.1) is 0 Å². The predicted molar refractivity (Wildman–Crippen MR) is 62.7 cm³/mol. The Bertz CT molecular complexity index is 394. The number of amides is 1. The summed E-state index contributed by atoms with van der Waals surface area (Å²) < 4.78 is 5.15. The largest absolute Gasteiger partial charge is 0.337 e. The number of carbonyl (C=O) groups excluding carboxylic acids is 1. The minimum absolute atomic E-state index is 0.0426. The van der Waals surface area contributed by atoms with Crippen LogP contribution in [0.15, 0.2) is 4.52 Å². The van der Waals surface area contributed by atoms with E-state index in [2.05, 4.69) is 10.1 Å². The smallest absolute Gasteiger partial charge is 0.249 e. The average molecular weight is 258 g/mol. The third kappa shape index (κ3) is 2.77. The van der Waals surface area contributed by atoms with E-state index in [1.54, 1.807) is 6.92 Å². The molecule has 1 aliphatic heterocycles. The van der Waals surface area contributed by atoms with Crippen LogP contribution in [0.5, 0.6) is 0 Å². The van der Waals surface area contributed by atoms with Gasteiger partial charge >= 0.3 is 0 Å². The molecule has 0 N–H and O–H groups in total. The van der Waals surface area contributed by atoms with Gasteiger partial charge < -0.3 is 9.42 Å². The zero-order chi connectivity index (χ0) is 12.3. The Morgan fingerprint density at radius 3 is 3.12 bits per heavy atom. The standard InChI is InChI=1S/C11H16ClN3O2/c1-8-13-11(17-14-8)9-4-3-7-15(9)10(16)5-2-6-12/h9H,2-7H2,1H3. The molecule has 0 radical (unpaired) electrons. The van der Waals surface area contributed by atoms with Gasteiger partial charge in [-0.15, -0.1) is 11.6 Å². The molecular formula is C11H16ClN3O2. The van der Waals surface area contributed by atoms with E-state index < -0.39 is 0 Å². The minimum atomic E-state index is -0.0426. The Labute approximate surface area is 105 Å². The number of nitrogens with zero attached hydrogens (tertiary/aromatic N) is 3. The number of hydrogen-bond acceptors (Lipinski definition) is 4. The molecule has 1 aromatic rings. The highest BCUT2D eigenvalue weighted by Crippen LogP contribution is 2.31. The summed E-state index contributed by atoms with van der Waals surface area (Å²) in [7, 11) is 0. The number of rotatable bonds is 4. The number of aromatic nitrogens is 2. The van der Waals surface area contributed by atoms with Crippen molar-refractivity contribution in [3.8, 4) is 0 Å². The highest BCUT2D eigenvalue weighted by Gasteiger charge is 2.33. The molecule has 0 aliphatic carbocycles. The highest BCUT2D eigenvalue weighted by molar-refractivity contribution is 6.17. The zero-order valence-corrected chi connectivity index (χ0v) is 10.6. The highest BCUT2D eigenvalue weighted by atomic mass is 35.5. The van der Waals surface area contributed by atoms with Gasteiger partial charge in [0.2, 0.25) is 11.8 Å². The molecule has 1 saturated heterocycles. The van der Waals surface area contributed by atoms with E-state index in [1.165, 1.54) is 0 Å². The van der Waals surface area contributed by atoms with Crippen LogP contribution in [0.25, 0.3) is 0 Å². The Morgan fingerprint density at radius 2 is 2.47 bits per heavy atom. The monoisotopic (exact) mass is 257 g/mol. The number of aryl methyl sites for hydroxylation is 1. The van der Waals surface area contributed by atoms with Crippen LogP contribution in [0.4, 0.5) is 0 Å². The predicted octanol–water partition coefficient (Wildman–Crippen LogP) is 2.06. The summed E-state index contributed by atoms with van der Waals surface area (Å²) in [6, 6.07) is -0.0426. The Hall–Kier alpha value is -1.10. The lowest BCUT2D eigenvalue weighted by Gasteiger charge is -2.21. The van der Waals surface area contributed by atoms with E-state index in [9.17, 15) is 4.79 Å². The van der Waals surface area contributed by atoms with Gasteiger partial charge in [-0.1, -0.05) is 5.16 Å². The summed E-state index contributed by atoms with van der Waals surface area (Å²) in [4.78, 5) is 18.0. The number of likely N-dealkylation sites (tertiary alicyclic amines) is 1. The first-order valence-electron chi connectivity index (χ1n) is 5.88. The molecule has 6 heteroatoms. The Kier molecular flexibility index (Phi) is 3.99. The van der Waals surface area contributed by atoms with Crippen LogP contribution in [0, 0.1) is 6.92 Å². The van der Waals surface area contributed by atoms with Crippen LogP contribution < -0.4 is 0 Å². The average Bonchev–Trinajstić information content (AvgIpc) is 2.93. The first-order chi connectivity index (χ1) is 8.22. The van der Waals surface area contributed by atoms with Crippen LogP contribution in [-0.2, 0) is 4.79 Å². The van der Waals surface area contributed by atoms with E-state index in [0.29, 0.717) is 30.4 Å². The number of halogens is 1. The molecule has 1 unspecified atom stereocenters. The molecule has 2 rings (SSSR count). The maximum atomic E-state index is 12.0. The maximum absolute atomic E-state index is 12.0. The van der Waals surface area contributed by atoms with Gasteiger partial charge in [-0.3, -0.25) is 4.79 Å². The molecule has 1 aromatic heterocycles. The van der Waals surface area contributed by atoms with Gasteiger partial charge in [0.25, 0.3) is 0 Å². The third-order valence-electron chi connectivity index (χ3n) is 2.93. The first kappa shape index (κ1) is 12.4. The lowest BCUT2D eigenvalue weighted by Crippen LogP contribution is -2.30. The number of alkyl halides is 1. The summed E-state index contributed by atoms with van der Waals surface area (Å²) >= 11 is 5.60. The van der Waals surface area contributed by atoms with Crippen LogP contribution >= 0.6 is 11.6 Å². The fourth-order valence-corrected chi connectivity index (χ4v) is 2.27. The van der Waals surface area contributed by atoms with Crippen molar-refractivity contribution in [2.24, 2.45) is 0 Å². The Balaban J connectivity index is 2.04. The molecule has 17 heavy (non-hydrogen) atoms. The van der Waals surface area contributed by atoms with Crippen LogP contribution in [0.3, 0.4) is 0 Å². The molecule has 1 aliphatic rings. The second-order valence-electron chi connectivity index (χ2n) is 4.22. The fraction of sp³-hybridized carbons (Fsp3) is 0.727. The van der Waals surface area contributed by atoms with E-state index in [0.717, 1.165) is 19.4 Å². The summed E-state index contributed by atoms with van der Waals surface area (Å²) in [6.45, 7) is 2.55. The van der Waals surface area contributed by atoms with Crippen molar-refractivity contribution in [1.82, 2.24) is 15.0 Å². The lowest BCUT2D eigenvalue weighted by atomic mass is 10.2. The van der Waals surface area contributed by atoms with Crippen LogP contribution in [-0.4, -0.2) is 33.4 Å². The van der Waals surface area contributed by atoms with Crippen molar-refractivity contribution in [2.75, 3.05) is 12.4 Å². The van der Waals surface area contributed by atoms with Gasteiger partial charge in [0, 0.05) is 18.8 Å². The fourth-order valence-electron chi connectivity index (χ4n) is 2.13. The van der Waals surface area contributed by atoms with Gasteiger partial charge in [-0.05, 0) is 26.2 Å². The molecule has 0 bridgehead atoms. The van der Waals surface area contributed by atoms with Crippen molar-refractivity contribution in [1.29, 1.82) is 0 Å². The van der Waals surface area contributed by atoms with Crippen molar-refractivity contribution in [3.63, 3.8) is 0 Å². The topological polar surface area (TPSA) is 59.2 Å². The van der Waals surface area contributed by atoms with Crippen LogP contribution in [0.2, 0.25) is 0 Å². The normalized spacial score (nSPS) is 19.9. The quantitative estimate of drug-likeness (QED) is 0.775. The van der Waals surface area contributed by atoms with E-state index in [1.807, 2.05) is 4.90 Å². The molecular weight excluding hydrogens is 242 g/mol. The Morgan fingerprint density at radius 1 is 1.65 bits per heavy atom. The summed E-state index contributed by atoms with van der Waals surface area (Å²) in [6.07, 6.45) is 3.09. The maximum Gasteiger partial charge on any atom is 0.249 e. The van der Waals surface area contributed by atoms with Gasteiger partial charge in [0.15, 0.2) is 5.82 Å². The third-order valence-corrected chi connectivity index (χ3v) is 3.19. The molecule has 0 saturated carbocycles. The van der Waals surface area contributed by atoms with Gasteiger partial charge in [0.1, 0.15) is 6.04 Å². The van der Waals surface area contributed by atoms with Gasteiger partial charge in [-0.25, -0.2) is 0 Å². The lowest BCUT2D eigenvalue weighted by molar-refractivity contribution is -0.132. The zero-order valence-electron chi connectivity index (χ0n) is 9.86. The molecule has 1 atom stereocenters. The van der Waals surface area contributed by atoms with E-state index in [-0.39, 0.29) is 11.9 Å². The van der Waals surface area contributed by atoms with Crippen molar-refractivity contribution >= 4 is 17.5 Å². The second-order valence-corrected chi connectivity index (χ2v) is 4.60. The summed E-state index contributed by atoms with van der Waals surface area (Å²) in [5, 5.41) is 3.77. The molecule has 2 heterocycles. The van der Waals surface area contributed by atoms with Crippen molar-refractivity contribution < 1.29 is 9.32 Å². The number of hydrogen-bond donors (Lipinski definition) is 0. The van der Waals surface area contributed by atoms with E-state index >= 15 is 0 Å². The molecule has 1 amide bonds. The minimum Gasteiger partial charge on any atom is -0.337 e. The molecule has 5 nitrogen and oxygen atoms in total. The van der Waals surface area contributed by atoms with E-state index in [4.69, 9.17) is 16.1 Å². The molecule has 0 aromatic carbocycles. The molecule has 1 fully saturated rings.